The third kappa shape index (κ3) is 66.9. The molecule has 5 atom stereocenters. The van der Waals surface area contributed by atoms with Crippen molar-refractivity contribution in [3.05, 3.63) is 134 Å². The summed E-state index contributed by atoms with van der Waals surface area (Å²) in [6.07, 6.45) is 76.5. The third-order valence-electron chi connectivity index (χ3n) is 13.8. The van der Waals surface area contributed by atoms with Gasteiger partial charge in [-0.1, -0.05) is 231 Å². The summed E-state index contributed by atoms with van der Waals surface area (Å²) in [6.45, 7) is 2.38. The SMILES string of the molecule is CC/C=C\C/C=C\C/C=C\C/C=C\C/C=C\CCCC(=O)OCC(COP(=O)(O)OCC(O)COP(=O)(O)OCC(O)COC(=O)CCCCCCCCC/C=C\C/C=C\C/C=C\C/C=C\CCCCC)OC(=O)CCCCCCC/C=C\C/C=C\CCCCC. The molecule has 4 N–H and O–H groups in total. The Morgan fingerprint density at radius 2 is 0.593 bits per heavy atom. The van der Waals surface area contributed by atoms with Crippen LogP contribution < -0.4 is 0 Å². The zero-order valence-electron chi connectivity index (χ0n) is 56.2. The lowest BCUT2D eigenvalue weighted by molar-refractivity contribution is -0.161. The summed E-state index contributed by atoms with van der Waals surface area (Å²) >= 11 is 0. The smallest absolute Gasteiger partial charge is 0.463 e. The highest BCUT2D eigenvalue weighted by molar-refractivity contribution is 7.47. The second kappa shape index (κ2) is 65.7. The number of hydrogen-bond donors (Lipinski definition) is 4. The van der Waals surface area contributed by atoms with E-state index in [1.807, 2.05) is 12.2 Å². The summed E-state index contributed by atoms with van der Waals surface area (Å²) in [5, 5.41) is 20.6. The van der Waals surface area contributed by atoms with Gasteiger partial charge in [0.15, 0.2) is 6.10 Å². The number of aliphatic hydroxyl groups excluding tert-OH is 2. The third-order valence-corrected chi connectivity index (χ3v) is 15.7. The van der Waals surface area contributed by atoms with Crippen molar-refractivity contribution in [1.82, 2.24) is 0 Å². The summed E-state index contributed by atoms with van der Waals surface area (Å²) in [5.41, 5.74) is 0. The van der Waals surface area contributed by atoms with Crippen LogP contribution >= 0.6 is 15.6 Å². The topological polar surface area (TPSA) is 231 Å². The molecule has 0 aromatic rings. The normalized spacial score (nSPS) is 15.0. The molecule has 18 heteroatoms. The van der Waals surface area contributed by atoms with Crippen molar-refractivity contribution in [2.45, 2.75) is 270 Å². The first-order valence-electron chi connectivity index (χ1n) is 34.5. The van der Waals surface area contributed by atoms with Gasteiger partial charge in [-0.2, -0.15) is 0 Å². The Morgan fingerprint density at radius 3 is 0.967 bits per heavy atom. The Morgan fingerprint density at radius 1 is 0.319 bits per heavy atom. The minimum absolute atomic E-state index is 0.0721. The van der Waals surface area contributed by atoms with Crippen molar-refractivity contribution in [3.8, 4) is 0 Å². The highest BCUT2D eigenvalue weighted by Crippen LogP contribution is 2.45. The molecule has 0 radical (unpaired) electrons. The predicted octanol–water partition coefficient (Wildman–Crippen LogP) is 19.2. The maximum atomic E-state index is 12.9. The molecule has 0 aromatic heterocycles. The fourth-order valence-corrected chi connectivity index (χ4v) is 10.1. The van der Waals surface area contributed by atoms with E-state index >= 15 is 0 Å². The molecular formula is C73H122O16P2. The molecule has 16 nitrogen and oxygen atoms in total. The monoisotopic (exact) mass is 1320 g/mol. The maximum Gasteiger partial charge on any atom is 0.472 e. The minimum Gasteiger partial charge on any atom is -0.463 e. The van der Waals surface area contributed by atoms with Crippen molar-refractivity contribution in [3.63, 3.8) is 0 Å². The highest BCUT2D eigenvalue weighted by atomic mass is 31.2. The molecule has 0 bridgehead atoms. The summed E-state index contributed by atoms with van der Waals surface area (Å²) in [4.78, 5) is 58.4. The first kappa shape index (κ1) is 86.7. The molecule has 0 amide bonds. The number of aliphatic hydroxyl groups is 2. The summed E-state index contributed by atoms with van der Waals surface area (Å²) in [7, 11) is -9.81. The molecule has 0 saturated heterocycles. The van der Waals surface area contributed by atoms with Gasteiger partial charge in [0, 0.05) is 19.3 Å². The van der Waals surface area contributed by atoms with E-state index in [0.717, 1.165) is 141 Å². The standard InChI is InChI=1S/C73H122O16P2/c1-4-7-10-13-16-19-22-25-28-30-31-32-33-34-35-37-40-41-44-47-50-53-56-59-71(76)83-62-68(74)63-85-90(79,80)86-64-69(75)65-87-91(81,82)88-67-70(89-73(78)61-58-55-52-49-46-43-38-27-24-21-18-15-12-9-6-3)66-84-72(77)60-57-54-51-48-45-42-39-36-29-26-23-20-17-14-11-8-5-2/h8,11,16-21,25-29,31-32,34-35,38-39,42,48,51,68-70,74-75H,4-7,9-10,12-15,22-24,30,33,36-37,40-41,43-47,49-50,52-67H2,1-3H3,(H,79,80)(H,81,82)/b11-8-,19-16-,20-17-,21-18-,28-25-,29-26-,32-31-,35-34-,38-27-,42-39-,51-48-. The van der Waals surface area contributed by atoms with Gasteiger partial charge in [-0.25, -0.2) is 9.13 Å². The van der Waals surface area contributed by atoms with Crippen LogP contribution in [-0.4, -0.2) is 95.9 Å². The van der Waals surface area contributed by atoms with Crippen LogP contribution in [0.5, 0.6) is 0 Å². The summed E-state index contributed by atoms with van der Waals surface area (Å²) in [5.74, 6) is -1.68. The van der Waals surface area contributed by atoms with Gasteiger partial charge in [-0.3, -0.25) is 32.5 Å². The van der Waals surface area contributed by atoms with E-state index in [1.54, 1.807) is 0 Å². The largest absolute Gasteiger partial charge is 0.472 e. The average molecular weight is 1320 g/mol. The number of phosphoric acid groups is 2. The Hall–Kier alpha value is -4.31. The molecule has 0 aliphatic carbocycles. The molecule has 0 fully saturated rings. The number of unbranched alkanes of at least 4 members (excludes halogenated alkanes) is 19. The number of rotatable bonds is 64. The van der Waals surface area contributed by atoms with Crippen LogP contribution in [0.1, 0.15) is 252 Å². The number of allylic oxidation sites excluding steroid dienone is 22. The first-order valence-corrected chi connectivity index (χ1v) is 37.5. The average Bonchev–Trinajstić information content (AvgIpc) is 3.27. The second-order valence-corrected chi connectivity index (χ2v) is 25.5. The molecule has 0 saturated carbocycles. The number of ether oxygens (including phenoxy) is 3. The summed E-state index contributed by atoms with van der Waals surface area (Å²) < 4.78 is 60.8. The second-order valence-electron chi connectivity index (χ2n) is 22.6. The van der Waals surface area contributed by atoms with Crippen LogP contribution in [-0.2, 0) is 55.8 Å². The zero-order valence-corrected chi connectivity index (χ0v) is 58.0. The van der Waals surface area contributed by atoms with Gasteiger partial charge in [0.25, 0.3) is 0 Å². The Bertz CT molecular complexity index is 2190. The van der Waals surface area contributed by atoms with Gasteiger partial charge >= 0.3 is 33.6 Å². The Kier molecular flexibility index (Phi) is 62.6. The number of carbonyl (C=O) groups is 3. The Labute approximate surface area is 550 Å². The maximum absolute atomic E-state index is 12.9. The van der Waals surface area contributed by atoms with Gasteiger partial charge in [0.2, 0.25) is 0 Å². The molecule has 91 heavy (non-hydrogen) atoms. The van der Waals surface area contributed by atoms with E-state index in [2.05, 4.69) is 142 Å². The lowest BCUT2D eigenvalue weighted by Crippen LogP contribution is -2.30. The van der Waals surface area contributed by atoms with Crippen LogP contribution in [0, 0.1) is 0 Å². The molecule has 0 spiro atoms. The van der Waals surface area contributed by atoms with Gasteiger partial charge in [0.05, 0.1) is 26.4 Å². The van der Waals surface area contributed by atoms with Crippen LogP contribution in [0.15, 0.2) is 134 Å². The Balaban J connectivity index is 4.69. The zero-order chi connectivity index (χ0) is 66.7. The molecule has 0 aromatic carbocycles. The van der Waals surface area contributed by atoms with Crippen molar-refractivity contribution >= 4 is 33.6 Å². The van der Waals surface area contributed by atoms with E-state index in [1.165, 1.54) is 44.9 Å². The van der Waals surface area contributed by atoms with Gasteiger partial charge in [0.1, 0.15) is 25.4 Å². The summed E-state index contributed by atoms with van der Waals surface area (Å²) in [6, 6.07) is 0. The van der Waals surface area contributed by atoms with Crippen molar-refractivity contribution < 1.29 is 75.8 Å². The molecule has 0 heterocycles. The predicted molar refractivity (Wildman–Crippen MR) is 371 cm³/mol. The molecule has 5 unspecified atom stereocenters. The van der Waals surface area contributed by atoms with E-state index in [4.69, 9.17) is 32.3 Å². The highest BCUT2D eigenvalue weighted by Gasteiger charge is 2.29. The van der Waals surface area contributed by atoms with Gasteiger partial charge in [-0.15, -0.1) is 0 Å². The number of carbonyl (C=O) groups excluding carboxylic acids is 3. The number of hydrogen-bond acceptors (Lipinski definition) is 14. The molecule has 0 aliphatic heterocycles. The van der Waals surface area contributed by atoms with Crippen LogP contribution in [0.4, 0.5) is 0 Å². The van der Waals surface area contributed by atoms with Crippen LogP contribution in [0.3, 0.4) is 0 Å². The lowest BCUT2D eigenvalue weighted by Gasteiger charge is -2.21. The van der Waals surface area contributed by atoms with Crippen molar-refractivity contribution in [2.24, 2.45) is 0 Å². The minimum atomic E-state index is -4.94. The molecule has 520 valence electrons. The van der Waals surface area contributed by atoms with E-state index in [-0.39, 0.29) is 19.3 Å². The molecule has 0 rings (SSSR count). The van der Waals surface area contributed by atoms with Crippen LogP contribution in [0.2, 0.25) is 0 Å². The fourth-order valence-electron chi connectivity index (χ4n) is 8.56. The van der Waals surface area contributed by atoms with Crippen molar-refractivity contribution in [1.29, 1.82) is 0 Å². The van der Waals surface area contributed by atoms with Gasteiger partial charge in [-0.05, 0) is 135 Å². The fraction of sp³-hybridized carbons (Fsp3) is 0.658. The van der Waals surface area contributed by atoms with Crippen LogP contribution in [0.25, 0.3) is 0 Å². The van der Waals surface area contributed by atoms with Gasteiger partial charge < -0.3 is 34.2 Å². The van der Waals surface area contributed by atoms with E-state index < -0.39 is 91.5 Å². The van der Waals surface area contributed by atoms with E-state index in [9.17, 15) is 43.5 Å². The quantitative estimate of drug-likeness (QED) is 0.0146. The van der Waals surface area contributed by atoms with E-state index in [0.29, 0.717) is 25.7 Å². The molecule has 0 aliphatic rings. The number of esters is 3. The first-order chi connectivity index (χ1) is 44.2. The van der Waals surface area contributed by atoms with Crippen molar-refractivity contribution in [2.75, 3.05) is 39.6 Å². The number of phosphoric ester groups is 2. The lowest BCUT2D eigenvalue weighted by atomic mass is 10.1. The molecular weight excluding hydrogens is 1190 g/mol.